The van der Waals surface area contributed by atoms with Crippen molar-refractivity contribution in [1.29, 1.82) is 0 Å². The molecular weight excluding hydrogens is 333 g/mol. The highest BCUT2D eigenvalue weighted by Gasteiger charge is 2.07. The predicted octanol–water partition coefficient (Wildman–Crippen LogP) is 3.91. The van der Waals surface area contributed by atoms with Crippen molar-refractivity contribution in [2.75, 3.05) is 19.8 Å². The Labute approximate surface area is 154 Å². The van der Waals surface area contributed by atoms with Gasteiger partial charge in [0.15, 0.2) is 11.5 Å². The molecule has 0 atom stereocenters. The summed E-state index contributed by atoms with van der Waals surface area (Å²) in [5.74, 6) is 1.20. The number of hydrogen-bond donors (Lipinski definition) is 1. The van der Waals surface area contributed by atoms with Gasteiger partial charge < -0.3 is 14.8 Å². The molecule has 0 aliphatic rings. The Kier molecular flexibility index (Phi) is 7.93. The van der Waals surface area contributed by atoms with Crippen LogP contribution >= 0.6 is 0 Å². The summed E-state index contributed by atoms with van der Waals surface area (Å²) < 4.78 is 24.0. The lowest BCUT2D eigenvalue weighted by Gasteiger charge is -2.12. The van der Waals surface area contributed by atoms with Crippen molar-refractivity contribution in [2.45, 2.75) is 33.1 Å². The van der Waals surface area contributed by atoms with Crippen molar-refractivity contribution >= 4 is 5.91 Å². The third-order valence-electron chi connectivity index (χ3n) is 3.90. The van der Waals surface area contributed by atoms with Gasteiger partial charge in [0.2, 0.25) is 5.91 Å². The summed E-state index contributed by atoms with van der Waals surface area (Å²) in [4.78, 5) is 12.0. The van der Waals surface area contributed by atoms with E-state index in [9.17, 15) is 9.18 Å². The molecule has 0 saturated heterocycles. The van der Waals surface area contributed by atoms with Crippen molar-refractivity contribution in [3.63, 3.8) is 0 Å². The highest BCUT2D eigenvalue weighted by Crippen LogP contribution is 2.28. The smallest absolute Gasteiger partial charge is 0.220 e. The lowest BCUT2D eigenvalue weighted by Crippen LogP contribution is -2.25. The lowest BCUT2D eigenvalue weighted by molar-refractivity contribution is -0.121. The lowest BCUT2D eigenvalue weighted by atomic mass is 10.1. The molecule has 140 valence electrons. The number of halogens is 1. The topological polar surface area (TPSA) is 47.6 Å². The summed E-state index contributed by atoms with van der Waals surface area (Å²) in [5.41, 5.74) is 2.03. The summed E-state index contributed by atoms with van der Waals surface area (Å²) >= 11 is 0. The first-order valence-electron chi connectivity index (χ1n) is 9.02. The quantitative estimate of drug-likeness (QED) is 0.700. The van der Waals surface area contributed by atoms with Crippen LogP contribution < -0.4 is 14.8 Å². The zero-order valence-corrected chi connectivity index (χ0v) is 15.4. The molecule has 2 aromatic rings. The molecule has 0 bridgehead atoms. The van der Waals surface area contributed by atoms with Crippen LogP contribution in [0.1, 0.15) is 31.4 Å². The zero-order chi connectivity index (χ0) is 18.8. The van der Waals surface area contributed by atoms with E-state index >= 15 is 0 Å². The Morgan fingerprint density at radius 3 is 2.27 bits per heavy atom. The highest BCUT2D eigenvalue weighted by molar-refractivity contribution is 5.76. The van der Waals surface area contributed by atoms with Crippen LogP contribution in [0.4, 0.5) is 4.39 Å². The van der Waals surface area contributed by atoms with Gasteiger partial charge in [-0.2, -0.15) is 0 Å². The molecule has 0 aromatic heterocycles. The van der Waals surface area contributed by atoms with Gasteiger partial charge in [-0.15, -0.1) is 0 Å². The van der Waals surface area contributed by atoms with E-state index in [4.69, 9.17) is 9.47 Å². The standard InChI is InChI=1S/C21H26FNO3/c1-3-25-19-11-7-17(15-20(19)26-4-2)13-14-23-21(24)12-8-16-5-9-18(22)10-6-16/h5-7,9-11,15H,3-4,8,12-14H2,1-2H3,(H,23,24). The van der Waals surface area contributed by atoms with Gasteiger partial charge in [-0.3, -0.25) is 4.79 Å². The SMILES string of the molecule is CCOc1ccc(CCNC(=O)CCc2ccc(F)cc2)cc1OCC. The van der Waals surface area contributed by atoms with Crippen LogP contribution in [-0.4, -0.2) is 25.7 Å². The van der Waals surface area contributed by atoms with Gasteiger partial charge in [0.1, 0.15) is 5.82 Å². The van der Waals surface area contributed by atoms with Gasteiger partial charge >= 0.3 is 0 Å². The Hall–Kier alpha value is -2.56. The fourth-order valence-corrected chi connectivity index (χ4v) is 2.59. The van der Waals surface area contributed by atoms with E-state index in [2.05, 4.69) is 5.32 Å². The van der Waals surface area contributed by atoms with E-state index in [-0.39, 0.29) is 11.7 Å². The van der Waals surface area contributed by atoms with Gasteiger partial charge in [-0.25, -0.2) is 4.39 Å². The number of carbonyl (C=O) groups is 1. The van der Waals surface area contributed by atoms with Crippen LogP contribution in [0.2, 0.25) is 0 Å². The molecule has 0 radical (unpaired) electrons. The first-order chi connectivity index (χ1) is 12.6. The molecule has 26 heavy (non-hydrogen) atoms. The van der Waals surface area contributed by atoms with Crippen molar-refractivity contribution in [1.82, 2.24) is 5.32 Å². The Morgan fingerprint density at radius 2 is 1.58 bits per heavy atom. The van der Waals surface area contributed by atoms with E-state index in [1.165, 1.54) is 12.1 Å². The van der Waals surface area contributed by atoms with E-state index < -0.39 is 0 Å². The van der Waals surface area contributed by atoms with Gasteiger partial charge in [0, 0.05) is 13.0 Å². The summed E-state index contributed by atoms with van der Waals surface area (Å²) in [6.07, 6.45) is 1.71. The molecule has 1 amide bonds. The number of ether oxygens (including phenoxy) is 2. The van der Waals surface area contributed by atoms with Crippen LogP contribution in [0.5, 0.6) is 11.5 Å². The number of benzene rings is 2. The second-order valence-corrected chi connectivity index (χ2v) is 5.87. The van der Waals surface area contributed by atoms with Crippen LogP contribution in [0.15, 0.2) is 42.5 Å². The average molecular weight is 359 g/mol. The summed E-state index contributed by atoms with van der Waals surface area (Å²) in [7, 11) is 0. The molecule has 2 aromatic carbocycles. The van der Waals surface area contributed by atoms with Crippen molar-refractivity contribution in [2.24, 2.45) is 0 Å². The first-order valence-corrected chi connectivity index (χ1v) is 9.02. The van der Waals surface area contributed by atoms with E-state index in [0.29, 0.717) is 32.6 Å². The highest BCUT2D eigenvalue weighted by atomic mass is 19.1. The Balaban J connectivity index is 1.78. The maximum Gasteiger partial charge on any atom is 0.220 e. The van der Waals surface area contributed by atoms with Crippen LogP contribution in [-0.2, 0) is 17.6 Å². The molecule has 4 nitrogen and oxygen atoms in total. The van der Waals surface area contributed by atoms with Gasteiger partial charge in [0.25, 0.3) is 0 Å². The van der Waals surface area contributed by atoms with Crippen molar-refractivity contribution in [3.05, 3.63) is 59.4 Å². The normalized spacial score (nSPS) is 10.4. The van der Waals surface area contributed by atoms with Crippen LogP contribution in [0.3, 0.4) is 0 Å². The number of nitrogens with one attached hydrogen (secondary N) is 1. The molecular formula is C21H26FNO3. The Bertz CT molecular complexity index is 701. The molecule has 5 heteroatoms. The molecule has 0 fully saturated rings. The molecule has 0 heterocycles. The summed E-state index contributed by atoms with van der Waals surface area (Å²) in [6.45, 7) is 5.59. The number of rotatable bonds is 10. The molecule has 0 saturated carbocycles. The van der Waals surface area contributed by atoms with Crippen molar-refractivity contribution < 1.29 is 18.7 Å². The van der Waals surface area contributed by atoms with Gasteiger partial charge in [-0.05, 0) is 62.1 Å². The number of amides is 1. The number of hydrogen-bond acceptors (Lipinski definition) is 3. The predicted molar refractivity (Wildman–Crippen MR) is 100 cm³/mol. The van der Waals surface area contributed by atoms with E-state index in [1.54, 1.807) is 12.1 Å². The van der Waals surface area contributed by atoms with Crippen molar-refractivity contribution in [3.8, 4) is 11.5 Å². The summed E-state index contributed by atoms with van der Waals surface area (Å²) in [5, 5.41) is 2.92. The largest absolute Gasteiger partial charge is 0.490 e. The van der Waals surface area contributed by atoms with Gasteiger partial charge in [-0.1, -0.05) is 18.2 Å². The summed E-state index contributed by atoms with van der Waals surface area (Å²) in [6, 6.07) is 12.1. The fraction of sp³-hybridized carbons (Fsp3) is 0.381. The van der Waals surface area contributed by atoms with Crippen LogP contribution in [0.25, 0.3) is 0 Å². The minimum absolute atomic E-state index is 0.00899. The maximum absolute atomic E-state index is 12.9. The van der Waals surface area contributed by atoms with Gasteiger partial charge in [0.05, 0.1) is 13.2 Å². The van der Waals surface area contributed by atoms with E-state index in [1.807, 2.05) is 32.0 Å². The van der Waals surface area contributed by atoms with E-state index in [0.717, 1.165) is 29.0 Å². The second-order valence-electron chi connectivity index (χ2n) is 5.87. The minimum Gasteiger partial charge on any atom is -0.490 e. The molecule has 1 N–H and O–H groups in total. The minimum atomic E-state index is -0.264. The monoisotopic (exact) mass is 359 g/mol. The molecule has 2 rings (SSSR count). The molecule has 0 unspecified atom stereocenters. The average Bonchev–Trinajstić information content (AvgIpc) is 2.64. The molecule has 0 aliphatic carbocycles. The Morgan fingerprint density at radius 1 is 0.923 bits per heavy atom. The van der Waals surface area contributed by atoms with Crippen LogP contribution in [0, 0.1) is 5.82 Å². The third-order valence-corrected chi connectivity index (χ3v) is 3.90. The number of aryl methyl sites for hydroxylation is 1. The molecule has 0 aliphatic heterocycles. The first kappa shape index (κ1) is 19.8. The third kappa shape index (κ3) is 6.39. The fourth-order valence-electron chi connectivity index (χ4n) is 2.59. The zero-order valence-electron chi connectivity index (χ0n) is 15.4. The molecule has 0 spiro atoms. The maximum atomic E-state index is 12.9. The number of carbonyl (C=O) groups excluding carboxylic acids is 1. The second kappa shape index (κ2) is 10.4.